The second-order valence-corrected chi connectivity index (χ2v) is 7.20. The van der Waals surface area contributed by atoms with Gasteiger partial charge in [-0.3, -0.25) is 9.59 Å². The molecule has 13 heteroatoms. The molecule has 1 aliphatic rings. The van der Waals surface area contributed by atoms with Gasteiger partial charge in [0.1, 0.15) is 37.1 Å². The van der Waals surface area contributed by atoms with Gasteiger partial charge in [-0.25, -0.2) is 4.79 Å². The quantitative estimate of drug-likeness (QED) is 0.164. The molecule has 1 aliphatic heterocycles. The van der Waals surface area contributed by atoms with Gasteiger partial charge in [0.05, 0.1) is 20.3 Å². The minimum Gasteiger partial charge on any atom is -0.467 e. The molecule has 0 aliphatic carbocycles. The number of carbonyl (C=O) groups is 3. The average molecular weight is 440 g/mol. The van der Waals surface area contributed by atoms with E-state index in [-0.39, 0.29) is 0 Å². The highest BCUT2D eigenvalue weighted by Gasteiger charge is 2.46. The third-order valence-corrected chi connectivity index (χ3v) is 4.72. The number of hydrogen-bond donors (Lipinski definition) is 6. The summed E-state index contributed by atoms with van der Waals surface area (Å²) in [6.45, 7) is -1.71. The predicted octanol–water partition coefficient (Wildman–Crippen LogP) is -3.67. The zero-order chi connectivity index (χ0) is 22.0. The first kappa shape index (κ1) is 25.6. The number of aliphatic hydroxyl groups excluding tert-OH is 4. The number of thioether (sulfide) groups is 1. The van der Waals surface area contributed by atoms with Crippen molar-refractivity contribution >= 4 is 29.5 Å². The van der Waals surface area contributed by atoms with Crippen molar-refractivity contribution in [2.75, 3.05) is 38.9 Å². The Labute approximate surface area is 171 Å². The molecule has 29 heavy (non-hydrogen) atoms. The maximum Gasteiger partial charge on any atom is 0.328 e. The minimum absolute atomic E-state index is 0.372. The van der Waals surface area contributed by atoms with E-state index in [0.717, 1.165) is 0 Å². The molecule has 0 aromatic heterocycles. The van der Waals surface area contributed by atoms with Gasteiger partial charge < -0.3 is 45.3 Å². The highest BCUT2D eigenvalue weighted by atomic mass is 32.2. The summed E-state index contributed by atoms with van der Waals surface area (Å²) in [7, 11) is 1.21. The lowest BCUT2D eigenvalue weighted by Crippen LogP contribution is -2.47. The molecule has 1 fully saturated rings. The standard InChI is InChI=1S/C16H28N2O10S/c1-26-15(25)8(3-4-29-2)18-10(21)5-17-11(22)7-27-16-13(24)12(23)14(28-16)9(20)6-19/h8-9,12-14,16,19-20,23-24H,3-7H2,1-2H3,(H,17,22)(H,18,21)/t8-,9+,12+,13-,14+,16-/m0/s1. The van der Waals surface area contributed by atoms with Crippen molar-refractivity contribution in [3.8, 4) is 0 Å². The second kappa shape index (κ2) is 13.0. The first-order valence-electron chi connectivity index (χ1n) is 8.80. The summed E-state index contributed by atoms with van der Waals surface area (Å²) in [5, 5.41) is 42.7. The van der Waals surface area contributed by atoms with Crippen LogP contribution in [-0.4, -0.2) is 114 Å². The molecule has 0 radical (unpaired) electrons. The van der Waals surface area contributed by atoms with Gasteiger partial charge in [-0.2, -0.15) is 11.8 Å². The molecule has 2 amide bonds. The van der Waals surface area contributed by atoms with Crippen LogP contribution < -0.4 is 10.6 Å². The van der Waals surface area contributed by atoms with E-state index in [1.54, 1.807) is 0 Å². The van der Waals surface area contributed by atoms with Crippen molar-refractivity contribution in [1.29, 1.82) is 0 Å². The van der Waals surface area contributed by atoms with Gasteiger partial charge in [0.25, 0.3) is 0 Å². The molecule has 0 unspecified atom stereocenters. The van der Waals surface area contributed by atoms with Crippen LogP contribution in [0.1, 0.15) is 6.42 Å². The van der Waals surface area contributed by atoms with Gasteiger partial charge in [-0.05, 0) is 18.4 Å². The van der Waals surface area contributed by atoms with Crippen LogP contribution in [0, 0.1) is 0 Å². The molecule has 0 saturated carbocycles. The van der Waals surface area contributed by atoms with Crippen LogP contribution in [-0.2, 0) is 28.6 Å². The van der Waals surface area contributed by atoms with Gasteiger partial charge in [0.15, 0.2) is 6.29 Å². The van der Waals surface area contributed by atoms with E-state index in [1.165, 1.54) is 18.9 Å². The highest BCUT2D eigenvalue weighted by Crippen LogP contribution is 2.24. The van der Waals surface area contributed by atoms with Crippen LogP contribution >= 0.6 is 11.8 Å². The molecule has 0 spiro atoms. The number of amides is 2. The Hall–Kier alpha value is -1.48. The van der Waals surface area contributed by atoms with Gasteiger partial charge >= 0.3 is 5.97 Å². The predicted molar refractivity (Wildman–Crippen MR) is 99.7 cm³/mol. The summed E-state index contributed by atoms with van der Waals surface area (Å²) >= 11 is 1.50. The molecule has 6 N–H and O–H groups in total. The Kier molecular flexibility index (Phi) is 11.4. The molecule has 168 valence electrons. The molecule has 6 atom stereocenters. The van der Waals surface area contributed by atoms with E-state index in [0.29, 0.717) is 12.2 Å². The fourth-order valence-corrected chi connectivity index (χ4v) is 2.96. The molecule has 0 aromatic carbocycles. The van der Waals surface area contributed by atoms with E-state index in [2.05, 4.69) is 15.4 Å². The fraction of sp³-hybridized carbons (Fsp3) is 0.812. The summed E-state index contributed by atoms with van der Waals surface area (Å²) in [4.78, 5) is 35.4. The van der Waals surface area contributed by atoms with E-state index >= 15 is 0 Å². The van der Waals surface area contributed by atoms with Crippen LogP contribution in [0.25, 0.3) is 0 Å². The molecule has 0 aromatic rings. The maximum atomic E-state index is 11.9. The Morgan fingerprint density at radius 3 is 2.48 bits per heavy atom. The molecule has 12 nitrogen and oxygen atoms in total. The first-order chi connectivity index (χ1) is 13.7. The van der Waals surface area contributed by atoms with Crippen molar-refractivity contribution in [2.45, 2.75) is 43.2 Å². The molecular formula is C16H28N2O10S. The normalized spacial score (nSPS) is 25.9. The Bertz CT molecular complexity index is 552. The van der Waals surface area contributed by atoms with Gasteiger partial charge in [-0.1, -0.05) is 0 Å². The van der Waals surface area contributed by atoms with Crippen molar-refractivity contribution in [3.05, 3.63) is 0 Å². The molecule has 1 rings (SSSR count). The minimum atomic E-state index is -1.53. The lowest BCUT2D eigenvalue weighted by Gasteiger charge is -2.18. The third-order valence-electron chi connectivity index (χ3n) is 4.08. The Morgan fingerprint density at radius 1 is 1.21 bits per heavy atom. The Morgan fingerprint density at radius 2 is 1.90 bits per heavy atom. The summed E-state index contributed by atoms with van der Waals surface area (Å²) < 4.78 is 14.8. The van der Waals surface area contributed by atoms with Gasteiger partial charge in [0.2, 0.25) is 11.8 Å². The van der Waals surface area contributed by atoms with E-state index in [1.807, 2.05) is 6.26 Å². The monoisotopic (exact) mass is 440 g/mol. The Balaban J connectivity index is 2.39. The van der Waals surface area contributed by atoms with Crippen LogP contribution in [0.15, 0.2) is 0 Å². The number of nitrogens with one attached hydrogen (secondary N) is 2. The largest absolute Gasteiger partial charge is 0.467 e. The second-order valence-electron chi connectivity index (χ2n) is 6.21. The van der Waals surface area contributed by atoms with Crippen LogP contribution in [0.5, 0.6) is 0 Å². The highest BCUT2D eigenvalue weighted by molar-refractivity contribution is 7.98. The number of hydrogen-bond acceptors (Lipinski definition) is 11. The van der Waals surface area contributed by atoms with Crippen LogP contribution in [0.3, 0.4) is 0 Å². The number of esters is 1. The number of carbonyl (C=O) groups excluding carboxylic acids is 3. The summed E-state index contributed by atoms with van der Waals surface area (Å²) in [5.41, 5.74) is 0. The third kappa shape index (κ3) is 8.04. The number of aliphatic hydroxyl groups is 4. The lowest BCUT2D eigenvalue weighted by molar-refractivity contribution is -0.183. The van der Waals surface area contributed by atoms with E-state index in [4.69, 9.17) is 14.6 Å². The van der Waals surface area contributed by atoms with E-state index in [9.17, 15) is 29.7 Å². The van der Waals surface area contributed by atoms with Crippen LogP contribution in [0.4, 0.5) is 0 Å². The topological polar surface area (TPSA) is 184 Å². The smallest absolute Gasteiger partial charge is 0.328 e. The molecule has 1 saturated heterocycles. The summed E-state index contributed by atoms with van der Waals surface area (Å²) in [6, 6.07) is -0.827. The molecular weight excluding hydrogens is 412 g/mol. The van der Waals surface area contributed by atoms with Crippen molar-refractivity contribution in [3.63, 3.8) is 0 Å². The van der Waals surface area contributed by atoms with Crippen molar-refractivity contribution in [2.24, 2.45) is 0 Å². The fourth-order valence-electron chi connectivity index (χ4n) is 2.49. The first-order valence-corrected chi connectivity index (χ1v) is 10.2. The van der Waals surface area contributed by atoms with Crippen LogP contribution in [0.2, 0.25) is 0 Å². The SMILES string of the molecule is COC(=O)[C@H](CCSC)NC(=O)CNC(=O)CO[C@H]1O[C@H]([C@H](O)CO)[C@H](O)[C@@H]1O. The number of rotatable bonds is 12. The zero-order valence-electron chi connectivity index (χ0n) is 16.1. The maximum absolute atomic E-state index is 11.9. The molecule has 1 heterocycles. The summed E-state index contributed by atoms with van der Waals surface area (Å²) in [5.74, 6) is -1.28. The number of ether oxygens (including phenoxy) is 3. The lowest BCUT2D eigenvalue weighted by atomic mass is 10.1. The van der Waals surface area contributed by atoms with Crippen molar-refractivity contribution < 1.29 is 49.0 Å². The summed E-state index contributed by atoms with van der Waals surface area (Å²) in [6.07, 6.45) is -4.91. The molecule has 0 bridgehead atoms. The average Bonchev–Trinajstić information content (AvgIpc) is 3.00. The number of methoxy groups -OCH3 is 1. The van der Waals surface area contributed by atoms with Gasteiger partial charge in [0, 0.05) is 0 Å². The van der Waals surface area contributed by atoms with Crippen molar-refractivity contribution in [1.82, 2.24) is 10.6 Å². The zero-order valence-corrected chi connectivity index (χ0v) is 17.0. The van der Waals surface area contributed by atoms with E-state index < -0.39 is 74.3 Å². The van der Waals surface area contributed by atoms with Gasteiger partial charge in [-0.15, -0.1) is 0 Å².